The second-order valence-electron chi connectivity index (χ2n) is 4.66. The summed E-state index contributed by atoms with van der Waals surface area (Å²) < 4.78 is 5.55. The molecule has 18 heavy (non-hydrogen) atoms. The Hall–Kier alpha value is -0.750. The Balaban J connectivity index is 2.69. The van der Waals surface area contributed by atoms with Crippen molar-refractivity contribution < 1.29 is 19.4 Å². The lowest BCUT2D eigenvalue weighted by molar-refractivity contribution is -0.149. The van der Waals surface area contributed by atoms with Gasteiger partial charge in [0.05, 0.1) is 6.10 Å². The largest absolute Gasteiger partial charge is 0.480 e. The van der Waals surface area contributed by atoms with Crippen LogP contribution in [-0.4, -0.2) is 52.9 Å². The van der Waals surface area contributed by atoms with Crippen molar-refractivity contribution in [2.75, 3.05) is 18.9 Å². The summed E-state index contributed by atoms with van der Waals surface area (Å²) in [6.45, 7) is 4.72. The van der Waals surface area contributed by atoms with Crippen LogP contribution in [0.4, 0.5) is 0 Å². The molecule has 1 aliphatic rings. The first-order valence-electron chi connectivity index (χ1n) is 6.27. The van der Waals surface area contributed by atoms with Crippen molar-refractivity contribution in [3.8, 4) is 0 Å². The van der Waals surface area contributed by atoms with Gasteiger partial charge in [0, 0.05) is 31.2 Å². The monoisotopic (exact) mass is 275 g/mol. The number of amides is 1. The van der Waals surface area contributed by atoms with E-state index in [1.54, 1.807) is 6.92 Å². The third-order valence-corrected chi connectivity index (χ3v) is 3.63. The second kappa shape index (κ2) is 6.99. The molecule has 104 valence electrons. The number of carboxylic acid groups (broad SMARTS) is 1. The molecule has 0 spiro atoms. The molecule has 1 N–H and O–H groups in total. The fraction of sp³-hybridized carbons (Fsp3) is 0.833. The number of hydrogen-bond acceptors (Lipinski definition) is 4. The SMILES string of the molecule is CCCOC1C[C@@H](C(=O)O)N(C(=O)C(C)CS)C1. The number of rotatable bonds is 6. The van der Waals surface area contributed by atoms with Gasteiger partial charge in [-0.2, -0.15) is 12.6 Å². The van der Waals surface area contributed by atoms with E-state index in [-0.39, 0.29) is 17.9 Å². The normalized spacial score (nSPS) is 25.2. The van der Waals surface area contributed by atoms with Crippen molar-refractivity contribution >= 4 is 24.5 Å². The van der Waals surface area contributed by atoms with Crippen LogP contribution in [0.25, 0.3) is 0 Å². The Kier molecular flexibility index (Phi) is 5.95. The van der Waals surface area contributed by atoms with Crippen LogP contribution in [0.2, 0.25) is 0 Å². The molecule has 1 heterocycles. The molecule has 1 amide bonds. The lowest BCUT2D eigenvalue weighted by Crippen LogP contribution is -2.43. The van der Waals surface area contributed by atoms with Gasteiger partial charge in [-0.1, -0.05) is 13.8 Å². The number of likely N-dealkylation sites (tertiary alicyclic amines) is 1. The van der Waals surface area contributed by atoms with E-state index in [4.69, 9.17) is 9.84 Å². The highest BCUT2D eigenvalue weighted by atomic mass is 32.1. The minimum absolute atomic E-state index is 0.153. The van der Waals surface area contributed by atoms with Crippen LogP contribution in [0, 0.1) is 5.92 Å². The number of aliphatic carboxylic acids is 1. The summed E-state index contributed by atoms with van der Waals surface area (Å²) >= 11 is 4.08. The molecule has 0 aliphatic carbocycles. The fourth-order valence-electron chi connectivity index (χ4n) is 2.04. The number of hydrogen-bond donors (Lipinski definition) is 2. The molecular formula is C12H21NO4S. The third-order valence-electron chi connectivity index (χ3n) is 3.08. The first kappa shape index (κ1) is 15.3. The summed E-state index contributed by atoms with van der Waals surface area (Å²) in [5, 5.41) is 9.16. The minimum Gasteiger partial charge on any atom is -0.480 e. The zero-order valence-electron chi connectivity index (χ0n) is 10.8. The Morgan fingerprint density at radius 1 is 1.56 bits per heavy atom. The zero-order valence-corrected chi connectivity index (χ0v) is 11.7. The molecule has 1 rings (SSSR count). The molecule has 2 unspecified atom stereocenters. The number of carbonyl (C=O) groups is 2. The lowest BCUT2D eigenvalue weighted by atomic mass is 10.1. The number of ether oxygens (including phenoxy) is 1. The molecule has 1 fully saturated rings. The smallest absolute Gasteiger partial charge is 0.326 e. The van der Waals surface area contributed by atoms with Gasteiger partial charge in [-0.05, 0) is 6.42 Å². The van der Waals surface area contributed by atoms with E-state index in [1.807, 2.05) is 6.92 Å². The first-order chi connectivity index (χ1) is 8.51. The van der Waals surface area contributed by atoms with E-state index in [0.717, 1.165) is 6.42 Å². The molecule has 6 heteroatoms. The van der Waals surface area contributed by atoms with Gasteiger partial charge in [-0.15, -0.1) is 0 Å². The lowest BCUT2D eigenvalue weighted by Gasteiger charge is -2.24. The van der Waals surface area contributed by atoms with Crippen LogP contribution in [0.1, 0.15) is 26.7 Å². The van der Waals surface area contributed by atoms with E-state index < -0.39 is 12.0 Å². The van der Waals surface area contributed by atoms with E-state index in [2.05, 4.69) is 12.6 Å². The standard InChI is InChI=1S/C12H21NO4S/c1-3-4-17-9-5-10(12(15)16)13(6-9)11(14)8(2)7-18/h8-10,18H,3-7H2,1-2H3,(H,15,16)/t8?,9?,10-/m0/s1. The molecule has 0 radical (unpaired) electrons. The average molecular weight is 275 g/mol. The van der Waals surface area contributed by atoms with Crippen molar-refractivity contribution in [3.63, 3.8) is 0 Å². The second-order valence-corrected chi connectivity index (χ2v) is 5.02. The molecule has 1 saturated heterocycles. The predicted octanol–water partition coefficient (Wildman–Crippen LogP) is 1.03. The highest BCUT2D eigenvalue weighted by Crippen LogP contribution is 2.23. The molecule has 0 saturated carbocycles. The summed E-state index contributed by atoms with van der Waals surface area (Å²) in [6, 6.07) is -0.762. The molecule has 0 aromatic carbocycles. The Labute approximate surface area is 113 Å². The summed E-state index contributed by atoms with van der Waals surface area (Å²) in [4.78, 5) is 24.7. The highest BCUT2D eigenvalue weighted by molar-refractivity contribution is 7.80. The van der Waals surface area contributed by atoms with Crippen molar-refractivity contribution in [3.05, 3.63) is 0 Å². The van der Waals surface area contributed by atoms with Gasteiger partial charge in [-0.25, -0.2) is 4.79 Å². The van der Waals surface area contributed by atoms with Crippen LogP contribution in [0.5, 0.6) is 0 Å². The fourth-order valence-corrected chi connectivity index (χ4v) is 2.20. The number of thiol groups is 1. The topological polar surface area (TPSA) is 66.8 Å². The van der Waals surface area contributed by atoms with E-state index in [1.165, 1.54) is 4.90 Å². The van der Waals surface area contributed by atoms with Crippen LogP contribution in [0.15, 0.2) is 0 Å². The Morgan fingerprint density at radius 2 is 2.22 bits per heavy atom. The minimum atomic E-state index is -0.961. The summed E-state index contributed by atoms with van der Waals surface area (Å²) in [5.41, 5.74) is 0. The van der Waals surface area contributed by atoms with Gasteiger partial charge in [0.15, 0.2) is 0 Å². The molecule has 0 aromatic heterocycles. The Bertz CT molecular complexity index is 310. The van der Waals surface area contributed by atoms with E-state index in [0.29, 0.717) is 25.3 Å². The maximum Gasteiger partial charge on any atom is 0.326 e. The van der Waals surface area contributed by atoms with Gasteiger partial charge in [-0.3, -0.25) is 4.79 Å². The molecule has 0 aromatic rings. The van der Waals surface area contributed by atoms with Crippen LogP contribution in [0.3, 0.4) is 0 Å². The van der Waals surface area contributed by atoms with Gasteiger partial charge in [0.1, 0.15) is 6.04 Å². The van der Waals surface area contributed by atoms with Crippen LogP contribution in [-0.2, 0) is 14.3 Å². The van der Waals surface area contributed by atoms with E-state index in [9.17, 15) is 9.59 Å². The quantitative estimate of drug-likeness (QED) is 0.711. The van der Waals surface area contributed by atoms with Crippen LogP contribution >= 0.6 is 12.6 Å². The molecule has 3 atom stereocenters. The first-order valence-corrected chi connectivity index (χ1v) is 6.90. The maximum absolute atomic E-state index is 12.1. The van der Waals surface area contributed by atoms with Crippen LogP contribution < -0.4 is 0 Å². The maximum atomic E-state index is 12.1. The van der Waals surface area contributed by atoms with E-state index >= 15 is 0 Å². The molecular weight excluding hydrogens is 254 g/mol. The number of carbonyl (C=O) groups excluding carboxylic acids is 1. The summed E-state index contributed by atoms with van der Waals surface area (Å²) in [5.74, 6) is -0.959. The number of nitrogens with zero attached hydrogens (tertiary/aromatic N) is 1. The van der Waals surface area contributed by atoms with Gasteiger partial charge < -0.3 is 14.7 Å². The Morgan fingerprint density at radius 3 is 2.72 bits per heavy atom. The van der Waals surface area contributed by atoms with Crippen molar-refractivity contribution in [2.45, 2.75) is 38.8 Å². The zero-order chi connectivity index (χ0) is 13.7. The van der Waals surface area contributed by atoms with Gasteiger partial charge >= 0.3 is 5.97 Å². The molecule has 1 aliphatic heterocycles. The van der Waals surface area contributed by atoms with Crippen molar-refractivity contribution in [1.82, 2.24) is 4.90 Å². The number of carboxylic acids is 1. The summed E-state index contributed by atoms with van der Waals surface area (Å²) in [7, 11) is 0. The van der Waals surface area contributed by atoms with Gasteiger partial charge in [0.2, 0.25) is 5.91 Å². The highest BCUT2D eigenvalue weighted by Gasteiger charge is 2.41. The van der Waals surface area contributed by atoms with Crippen molar-refractivity contribution in [1.29, 1.82) is 0 Å². The average Bonchev–Trinajstić information content (AvgIpc) is 2.78. The van der Waals surface area contributed by atoms with Crippen molar-refractivity contribution in [2.24, 2.45) is 5.92 Å². The molecule has 0 bridgehead atoms. The summed E-state index contributed by atoms with van der Waals surface area (Å²) in [6.07, 6.45) is 1.09. The third kappa shape index (κ3) is 3.62. The van der Waals surface area contributed by atoms with Gasteiger partial charge in [0.25, 0.3) is 0 Å². The molecule has 5 nitrogen and oxygen atoms in total. The predicted molar refractivity (Wildman–Crippen MR) is 70.8 cm³/mol.